The minimum Gasteiger partial charge on any atom is -0.378 e. The number of sulfonamides is 1. The van der Waals surface area contributed by atoms with Gasteiger partial charge < -0.3 is 15.0 Å². The van der Waals surface area contributed by atoms with Crippen LogP contribution in [0.4, 0.5) is 23.1 Å². The Morgan fingerprint density at radius 3 is 2.30 bits per heavy atom. The first-order valence-electron chi connectivity index (χ1n) is 9.63. The van der Waals surface area contributed by atoms with Gasteiger partial charge in [0.15, 0.2) is 0 Å². The summed E-state index contributed by atoms with van der Waals surface area (Å²) in [4.78, 5) is 11.5. The molecule has 30 heavy (non-hydrogen) atoms. The molecule has 0 amide bonds. The Morgan fingerprint density at radius 2 is 1.60 bits per heavy atom. The number of ether oxygens (including phenoxy) is 1. The van der Waals surface area contributed by atoms with Crippen LogP contribution in [-0.4, -0.2) is 44.7 Å². The number of benzene rings is 2. The standard InChI is InChI=1S/C21H23N5O3S/c1-16-15-20(24-21(22-16)26-11-13-29-14-12-26)23-17-7-9-18(10-8-17)25-30(27,28)19-5-3-2-4-6-19/h2-10,15,25H,11-14H2,1H3,(H,22,23,24). The van der Waals surface area contributed by atoms with Crippen LogP contribution in [0.15, 0.2) is 65.6 Å². The fraction of sp³-hybridized carbons (Fsp3) is 0.238. The molecule has 3 aromatic rings. The molecule has 0 unspecified atom stereocenters. The molecule has 8 nitrogen and oxygen atoms in total. The zero-order valence-electron chi connectivity index (χ0n) is 16.6. The Kier molecular flexibility index (Phi) is 5.82. The lowest BCUT2D eigenvalue weighted by Crippen LogP contribution is -2.37. The summed E-state index contributed by atoms with van der Waals surface area (Å²) in [5.74, 6) is 1.36. The average Bonchev–Trinajstić information content (AvgIpc) is 2.76. The highest BCUT2D eigenvalue weighted by Crippen LogP contribution is 2.22. The molecule has 0 spiro atoms. The largest absolute Gasteiger partial charge is 0.378 e. The fourth-order valence-corrected chi connectivity index (χ4v) is 4.18. The fourth-order valence-electron chi connectivity index (χ4n) is 3.10. The average molecular weight is 426 g/mol. The molecule has 9 heteroatoms. The molecule has 2 heterocycles. The first-order chi connectivity index (χ1) is 14.5. The van der Waals surface area contributed by atoms with E-state index in [2.05, 4.69) is 24.9 Å². The van der Waals surface area contributed by atoms with Gasteiger partial charge in [-0.2, -0.15) is 4.98 Å². The van der Waals surface area contributed by atoms with E-state index in [0.717, 1.165) is 24.5 Å². The Bertz CT molecular complexity index is 1100. The van der Waals surface area contributed by atoms with E-state index in [1.807, 2.05) is 13.0 Å². The van der Waals surface area contributed by atoms with Gasteiger partial charge in [0.25, 0.3) is 10.0 Å². The van der Waals surface area contributed by atoms with E-state index in [0.29, 0.717) is 30.7 Å². The molecule has 0 saturated carbocycles. The van der Waals surface area contributed by atoms with Crippen molar-refractivity contribution in [3.8, 4) is 0 Å². The first-order valence-corrected chi connectivity index (χ1v) is 11.1. The molecule has 2 N–H and O–H groups in total. The Balaban J connectivity index is 1.47. The van der Waals surface area contributed by atoms with Gasteiger partial charge in [-0.15, -0.1) is 0 Å². The monoisotopic (exact) mass is 425 g/mol. The molecule has 1 saturated heterocycles. The molecule has 1 aliphatic heterocycles. The van der Waals surface area contributed by atoms with Crippen LogP contribution in [0, 0.1) is 6.92 Å². The second-order valence-corrected chi connectivity index (χ2v) is 8.60. The Labute approximate surface area is 176 Å². The lowest BCUT2D eigenvalue weighted by Gasteiger charge is -2.27. The molecular formula is C21H23N5O3S. The summed E-state index contributed by atoms with van der Waals surface area (Å²) in [7, 11) is -3.62. The van der Waals surface area contributed by atoms with Crippen LogP contribution < -0.4 is 14.9 Å². The van der Waals surface area contributed by atoms with Crippen molar-refractivity contribution in [2.75, 3.05) is 41.2 Å². The normalized spacial score (nSPS) is 14.4. The number of aryl methyl sites for hydroxylation is 1. The van der Waals surface area contributed by atoms with E-state index in [-0.39, 0.29) is 4.90 Å². The Hall–Kier alpha value is -3.17. The van der Waals surface area contributed by atoms with Crippen molar-refractivity contribution >= 4 is 33.2 Å². The maximum atomic E-state index is 12.4. The highest BCUT2D eigenvalue weighted by molar-refractivity contribution is 7.92. The SMILES string of the molecule is Cc1cc(Nc2ccc(NS(=O)(=O)c3ccccc3)cc2)nc(N2CCOCC2)n1. The van der Waals surface area contributed by atoms with Crippen molar-refractivity contribution in [1.29, 1.82) is 0 Å². The van der Waals surface area contributed by atoms with E-state index in [4.69, 9.17) is 4.74 Å². The lowest BCUT2D eigenvalue weighted by molar-refractivity contribution is 0.122. The van der Waals surface area contributed by atoms with Crippen LogP contribution in [0.5, 0.6) is 0 Å². The van der Waals surface area contributed by atoms with Gasteiger partial charge in [-0.3, -0.25) is 4.72 Å². The van der Waals surface area contributed by atoms with Gasteiger partial charge in [0, 0.05) is 36.2 Å². The van der Waals surface area contributed by atoms with Crippen molar-refractivity contribution in [3.05, 3.63) is 66.4 Å². The van der Waals surface area contributed by atoms with Crippen molar-refractivity contribution < 1.29 is 13.2 Å². The molecule has 1 aromatic heterocycles. The minimum atomic E-state index is -3.62. The zero-order valence-corrected chi connectivity index (χ0v) is 17.4. The number of aromatic nitrogens is 2. The summed E-state index contributed by atoms with van der Waals surface area (Å²) in [5, 5.41) is 3.26. The van der Waals surface area contributed by atoms with Gasteiger partial charge in [0.1, 0.15) is 5.82 Å². The summed E-state index contributed by atoms with van der Waals surface area (Å²) in [5.41, 5.74) is 2.14. The third-order valence-electron chi connectivity index (χ3n) is 4.60. The lowest BCUT2D eigenvalue weighted by atomic mass is 10.3. The molecule has 1 fully saturated rings. The maximum Gasteiger partial charge on any atom is 0.261 e. The van der Waals surface area contributed by atoms with Gasteiger partial charge in [-0.05, 0) is 43.3 Å². The summed E-state index contributed by atoms with van der Waals surface area (Å²) in [6.45, 7) is 4.79. The van der Waals surface area contributed by atoms with Gasteiger partial charge in [0.2, 0.25) is 5.95 Å². The maximum absolute atomic E-state index is 12.4. The topological polar surface area (TPSA) is 96.5 Å². The van der Waals surface area contributed by atoms with E-state index in [9.17, 15) is 8.42 Å². The summed E-state index contributed by atoms with van der Waals surface area (Å²) in [6, 6.07) is 17.2. The molecule has 0 atom stereocenters. The van der Waals surface area contributed by atoms with E-state index < -0.39 is 10.0 Å². The van der Waals surface area contributed by atoms with Crippen molar-refractivity contribution in [1.82, 2.24) is 9.97 Å². The highest BCUT2D eigenvalue weighted by atomic mass is 32.2. The number of nitrogens with one attached hydrogen (secondary N) is 2. The Morgan fingerprint density at radius 1 is 0.933 bits per heavy atom. The third kappa shape index (κ3) is 4.87. The van der Waals surface area contributed by atoms with Crippen LogP contribution in [0.1, 0.15) is 5.69 Å². The highest BCUT2D eigenvalue weighted by Gasteiger charge is 2.16. The number of nitrogens with zero attached hydrogens (tertiary/aromatic N) is 3. The van der Waals surface area contributed by atoms with Crippen LogP contribution in [0.25, 0.3) is 0 Å². The number of rotatable bonds is 6. The van der Waals surface area contributed by atoms with Crippen LogP contribution in [0.2, 0.25) is 0 Å². The predicted molar refractivity (Wildman–Crippen MR) is 117 cm³/mol. The van der Waals surface area contributed by atoms with Crippen molar-refractivity contribution in [2.24, 2.45) is 0 Å². The molecule has 2 aromatic carbocycles. The predicted octanol–water partition coefficient (Wildman–Crippen LogP) is 3.17. The zero-order chi connectivity index (χ0) is 21.0. The van der Waals surface area contributed by atoms with E-state index in [1.165, 1.54) is 0 Å². The van der Waals surface area contributed by atoms with E-state index in [1.54, 1.807) is 54.6 Å². The summed E-state index contributed by atoms with van der Waals surface area (Å²) < 4.78 is 32.9. The van der Waals surface area contributed by atoms with Gasteiger partial charge in [-0.25, -0.2) is 13.4 Å². The summed E-state index contributed by atoms with van der Waals surface area (Å²) >= 11 is 0. The molecule has 0 aliphatic carbocycles. The van der Waals surface area contributed by atoms with Gasteiger partial charge >= 0.3 is 0 Å². The quantitative estimate of drug-likeness (QED) is 0.626. The number of hydrogen-bond acceptors (Lipinski definition) is 7. The van der Waals surface area contributed by atoms with Crippen molar-refractivity contribution in [2.45, 2.75) is 11.8 Å². The molecule has 1 aliphatic rings. The van der Waals surface area contributed by atoms with Crippen LogP contribution >= 0.6 is 0 Å². The van der Waals surface area contributed by atoms with Gasteiger partial charge in [-0.1, -0.05) is 18.2 Å². The number of hydrogen-bond donors (Lipinski definition) is 2. The second kappa shape index (κ2) is 8.68. The summed E-state index contributed by atoms with van der Waals surface area (Å²) in [6.07, 6.45) is 0. The molecular weight excluding hydrogens is 402 g/mol. The smallest absolute Gasteiger partial charge is 0.261 e. The third-order valence-corrected chi connectivity index (χ3v) is 6.00. The molecule has 0 radical (unpaired) electrons. The van der Waals surface area contributed by atoms with Crippen LogP contribution in [-0.2, 0) is 14.8 Å². The number of anilines is 4. The van der Waals surface area contributed by atoms with Crippen LogP contribution in [0.3, 0.4) is 0 Å². The molecule has 156 valence electrons. The minimum absolute atomic E-state index is 0.222. The number of morpholine rings is 1. The van der Waals surface area contributed by atoms with Crippen molar-refractivity contribution in [3.63, 3.8) is 0 Å². The first kappa shape index (κ1) is 20.1. The molecule has 0 bridgehead atoms. The van der Waals surface area contributed by atoms with Gasteiger partial charge in [0.05, 0.1) is 18.1 Å². The second-order valence-electron chi connectivity index (χ2n) is 6.91. The van der Waals surface area contributed by atoms with E-state index >= 15 is 0 Å². The molecule has 4 rings (SSSR count).